The number of benzene rings is 4. The van der Waals surface area contributed by atoms with Crippen LogP contribution in [-0.4, -0.2) is 93.4 Å². The summed E-state index contributed by atoms with van der Waals surface area (Å²) in [5.74, 6) is 0.0649. The number of nitrogens with zero attached hydrogens (tertiary/aromatic N) is 4. The molecule has 0 aliphatic carbocycles. The molecule has 0 aromatic heterocycles. The highest BCUT2D eigenvalue weighted by molar-refractivity contribution is 6.31. The van der Waals surface area contributed by atoms with Gasteiger partial charge in [0.25, 0.3) is 0 Å². The molecule has 2 aliphatic heterocycles. The van der Waals surface area contributed by atoms with Crippen molar-refractivity contribution in [3.63, 3.8) is 0 Å². The second kappa shape index (κ2) is 23.3. The van der Waals surface area contributed by atoms with E-state index < -0.39 is 0 Å². The topological polar surface area (TPSA) is 105 Å². The Morgan fingerprint density at radius 1 is 0.525 bits per heavy atom. The summed E-state index contributed by atoms with van der Waals surface area (Å²) >= 11 is 12.3. The minimum atomic E-state index is -0.0690. The van der Waals surface area contributed by atoms with Crippen molar-refractivity contribution in [1.82, 2.24) is 20.4 Å². The van der Waals surface area contributed by atoms with Gasteiger partial charge in [-0.2, -0.15) is 0 Å². The van der Waals surface area contributed by atoms with E-state index in [0.29, 0.717) is 87.8 Å². The van der Waals surface area contributed by atoms with Crippen molar-refractivity contribution in [2.24, 2.45) is 0 Å². The van der Waals surface area contributed by atoms with Crippen LogP contribution in [0.2, 0.25) is 10.0 Å². The highest BCUT2D eigenvalue weighted by Crippen LogP contribution is 2.28. The minimum absolute atomic E-state index is 0. The van der Waals surface area contributed by atoms with E-state index in [-0.39, 0.29) is 44.4 Å². The van der Waals surface area contributed by atoms with Crippen molar-refractivity contribution in [2.75, 3.05) is 49.1 Å². The number of amides is 6. The standard InChI is InChI=1S/C48H58Cl2N6O4.B/c1-35-7-11-37(12-8-35)33-45(57)55(41-19-15-39(49)16-20-41)43-23-29-53(30-24-43)47(59)51-27-5-3-4-6-28-52-48(60)54-31-25-44(26-32-54)56(42-21-17-40(50)18-22-42)46(58)34-38-13-9-36(2)10-14-38;/h7-22,43-44H,3-6,23-34H2,1-2H3,(H,51,59)(H,52,60);. The lowest BCUT2D eigenvalue weighted by molar-refractivity contribution is -0.119. The number of aryl methyl sites for hydroxylation is 2. The lowest BCUT2D eigenvalue weighted by Gasteiger charge is -2.38. The van der Waals surface area contributed by atoms with Crippen LogP contribution in [0.1, 0.15) is 73.6 Å². The van der Waals surface area contributed by atoms with Gasteiger partial charge >= 0.3 is 12.1 Å². The molecule has 0 bridgehead atoms. The summed E-state index contributed by atoms with van der Waals surface area (Å²) in [6.07, 6.45) is 6.97. The molecule has 6 amide bonds. The molecule has 3 radical (unpaired) electrons. The van der Waals surface area contributed by atoms with Gasteiger partial charge in [-0.05, 0) is 112 Å². The summed E-state index contributed by atoms with van der Waals surface area (Å²) in [5.41, 5.74) is 5.89. The van der Waals surface area contributed by atoms with Crippen LogP contribution < -0.4 is 20.4 Å². The number of piperidine rings is 2. The number of likely N-dealkylation sites (tertiary alicyclic amines) is 2. The fourth-order valence-electron chi connectivity index (χ4n) is 8.12. The largest absolute Gasteiger partial charge is 0.338 e. The molecule has 13 heteroatoms. The lowest BCUT2D eigenvalue weighted by Crippen LogP contribution is -2.51. The van der Waals surface area contributed by atoms with Crippen molar-refractivity contribution < 1.29 is 19.2 Å². The Bertz CT molecular complexity index is 1870. The summed E-state index contributed by atoms with van der Waals surface area (Å²) in [6, 6.07) is 30.7. The number of rotatable bonds is 15. The maximum Gasteiger partial charge on any atom is 0.317 e. The van der Waals surface area contributed by atoms with E-state index in [1.54, 1.807) is 0 Å². The number of hydrogen-bond donors (Lipinski definition) is 2. The first kappa shape index (κ1) is 47.1. The van der Waals surface area contributed by atoms with Crippen LogP contribution in [0, 0.1) is 13.8 Å². The Hall–Kier alpha value is -5.00. The van der Waals surface area contributed by atoms with E-state index >= 15 is 0 Å². The van der Waals surface area contributed by atoms with Gasteiger partial charge in [-0.3, -0.25) is 9.59 Å². The number of nitrogens with one attached hydrogen (secondary N) is 2. The average Bonchev–Trinajstić information content (AvgIpc) is 3.25. The predicted octanol–water partition coefficient (Wildman–Crippen LogP) is 8.99. The number of carbonyl (C=O) groups excluding carboxylic acids is 4. The molecule has 6 rings (SSSR count). The Labute approximate surface area is 373 Å². The van der Waals surface area contributed by atoms with Gasteiger partial charge < -0.3 is 30.2 Å². The monoisotopic (exact) mass is 863 g/mol. The van der Waals surface area contributed by atoms with E-state index in [4.69, 9.17) is 23.2 Å². The molecular formula is C48H58BCl2N6O4. The van der Waals surface area contributed by atoms with E-state index in [1.165, 1.54) is 0 Å². The second-order valence-electron chi connectivity index (χ2n) is 16.1. The molecule has 2 N–H and O–H groups in total. The van der Waals surface area contributed by atoms with Crippen LogP contribution in [0.5, 0.6) is 0 Å². The van der Waals surface area contributed by atoms with Crippen molar-refractivity contribution in [1.29, 1.82) is 0 Å². The molecule has 10 nitrogen and oxygen atoms in total. The zero-order valence-electron chi connectivity index (χ0n) is 35.5. The van der Waals surface area contributed by atoms with Gasteiger partial charge in [-0.15, -0.1) is 0 Å². The Kier molecular flexibility index (Phi) is 18.0. The highest BCUT2D eigenvalue weighted by atomic mass is 35.5. The smallest absolute Gasteiger partial charge is 0.317 e. The number of unbranched alkanes of at least 4 members (excludes halogenated alkanes) is 3. The molecule has 2 saturated heterocycles. The van der Waals surface area contributed by atoms with Gasteiger partial charge in [0.05, 0.1) is 12.8 Å². The molecule has 0 unspecified atom stereocenters. The molecular weight excluding hydrogens is 806 g/mol. The SMILES string of the molecule is Cc1ccc(CC(=O)N(c2ccc(Cl)cc2)C2CCN(C(=O)NCCCCCCNC(=O)N3CCC(N(C(=O)Cc4ccc(C)cc4)c4ccc(Cl)cc4)CC3)CC2)cc1.[B]. The van der Waals surface area contributed by atoms with Crippen LogP contribution in [0.25, 0.3) is 0 Å². The van der Waals surface area contributed by atoms with Gasteiger partial charge in [-0.1, -0.05) is 95.7 Å². The van der Waals surface area contributed by atoms with Gasteiger partial charge in [0.1, 0.15) is 0 Å². The summed E-state index contributed by atoms with van der Waals surface area (Å²) in [7, 11) is 0. The van der Waals surface area contributed by atoms with Crippen molar-refractivity contribution in [3.8, 4) is 0 Å². The molecule has 2 heterocycles. The van der Waals surface area contributed by atoms with Gasteiger partial charge in [0.2, 0.25) is 11.8 Å². The van der Waals surface area contributed by atoms with Crippen molar-refractivity contribution in [2.45, 2.75) is 90.1 Å². The molecule has 0 saturated carbocycles. The molecule has 2 fully saturated rings. The van der Waals surface area contributed by atoms with Crippen LogP contribution in [0.15, 0.2) is 97.1 Å². The summed E-state index contributed by atoms with van der Waals surface area (Å²) < 4.78 is 0. The predicted molar refractivity (Wildman–Crippen MR) is 248 cm³/mol. The maximum atomic E-state index is 13.7. The second-order valence-corrected chi connectivity index (χ2v) is 17.0. The molecule has 0 spiro atoms. The van der Waals surface area contributed by atoms with E-state index in [9.17, 15) is 19.2 Å². The first-order valence-electron chi connectivity index (χ1n) is 21.4. The Morgan fingerprint density at radius 3 is 1.18 bits per heavy atom. The normalized spacial score (nSPS) is 14.5. The van der Waals surface area contributed by atoms with Crippen molar-refractivity contribution in [3.05, 3.63) is 129 Å². The van der Waals surface area contributed by atoms with E-state index in [1.807, 2.05) is 131 Å². The highest BCUT2D eigenvalue weighted by Gasteiger charge is 2.32. The van der Waals surface area contributed by atoms with E-state index in [2.05, 4.69) is 10.6 Å². The minimum Gasteiger partial charge on any atom is -0.338 e. The number of carbonyl (C=O) groups is 4. The molecule has 321 valence electrons. The number of anilines is 2. The molecule has 4 aromatic carbocycles. The van der Waals surface area contributed by atoms with Crippen LogP contribution in [0.4, 0.5) is 21.0 Å². The lowest BCUT2D eigenvalue weighted by atomic mass is 10.0. The molecule has 4 aromatic rings. The summed E-state index contributed by atoms with van der Waals surface area (Å²) in [6.45, 7) is 7.53. The van der Waals surface area contributed by atoms with Crippen LogP contribution >= 0.6 is 23.2 Å². The van der Waals surface area contributed by atoms with Gasteiger partial charge in [-0.25, -0.2) is 9.59 Å². The Morgan fingerprint density at radius 2 is 0.852 bits per heavy atom. The number of hydrogen-bond acceptors (Lipinski definition) is 4. The van der Waals surface area contributed by atoms with Gasteiger partial charge in [0.15, 0.2) is 0 Å². The summed E-state index contributed by atoms with van der Waals surface area (Å²) in [5, 5.41) is 7.39. The fraction of sp³-hybridized carbons (Fsp3) is 0.417. The first-order valence-corrected chi connectivity index (χ1v) is 22.1. The molecule has 61 heavy (non-hydrogen) atoms. The third-order valence-corrected chi connectivity index (χ3v) is 12.1. The molecule has 2 aliphatic rings. The van der Waals surface area contributed by atoms with Crippen LogP contribution in [-0.2, 0) is 22.4 Å². The number of urea groups is 2. The van der Waals surface area contributed by atoms with Gasteiger partial charge in [0, 0.05) is 81.2 Å². The zero-order chi connectivity index (χ0) is 42.4. The maximum absolute atomic E-state index is 13.7. The van der Waals surface area contributed by atoms with E-state index in [0.717, 1.165) is 59.3 Å². The third-order valence-electron chi connectivity index (χ3n) is 11.6. The zero-order valence-corrected chi connectivity index (χ0v) is 37.0. The Balaban J connectivity index is 0.00000704. The average molecular weight is 865 g/mol. The first-order chi connectivity index (χ1) is 29.0. The van der Waals surface area contributed by atoms with Crippen molar-refractivity contribution >= 4 is 66.9 Å². The van der Waals surface area contributed by atoms with Crippen LogP contribution in [0.3, 0.4) is 0 Å². The fourth-order valence-corrected chi connectivity index (χ4v) is 8.38. The number of halogens is 2. The molecule has 0 atom stereocenters. The third kappa shape index (κ3) is 13.8. The quantitative estimate of drug-likeness (QED) is 0.0920. The summed E-state index contributed by atoms with van der Waals surface area (Å²) in [4.78, 5) is 60.9.